The van der Waals surface area contributed by atoms with Crippen molar-refractivity contribution in [2.75, 3.05) is 11.9 Å². The largest absolute Gasteiger partial charge is 0.311 e. The van der Waals surface area contributed by atoms with E-state index in [2.05, 4.69) is 28.7 Å². The maximum absolute atomic E-state index is 12.3. The van der Waals surface area contributed by atoms with E-state index >= 15 is 0 Å². The predicted octanol–water partition coefficient (Wildman–Crippen LogP) is 3.44. The first kappa shape index (κ1) is 13.6. The molecule has 94 valence electrons. The van der Waals surface area contributed by atoms with E-state index < -0.39 is 0 Å². The van der Waals surface area contributed by atoms with E-state index in [1.807, 2.05) is 18.2 Å². The van der Waals surface area contributed by atoms with Crippen LogP contribution >= 0.6 is 22.6 Å². The lowest BCUT2D eigenvalue weighted by molar-refractivity contribution is 0.0993. The van der Waals surface area contributed by atoms with Gasteiger partial charge in [0.05, 0.1) is 11.6 Å². The molecule has 2 rings (SSSR count). The Morgan fingerprint density at radius 1 is 1.21 bits per heavy atom. The van der Waals surface area contributed by atoms with Gasteiger partial charge in [-0.25, -0.2) is 0 Å². The molecular formula is C15H11IN2O. The van der Waals surface area contributed by atoms with Gasteiger partial charge in [0.15, 0.2) is 0 Å². The number of nitriles is 1. The van der Waals surface area contributed by atoms with E-state index in [-0.39, 0.29) is 5.91 Å². The van der Waals surface area contributed by atoms with Crippen LogP contribution in [0.2, 0.25) is 0 Å². The van der Waals surface area contributed by atoms with E-state index in [0.29, 0.717) is 11.1 Å². The smallest absolute Gasteiger partial charge is 0.258 e. The SMILES string of the molecule is CN(C(=O)c1cccc(I)c1)c1ccc(C#N)cc1. The normalized spacial score (nSPS) is 9.74. The third-order valence-corrected chi connectivity index (χ3v) is 3.43. The van der Waals surface area contributed by atoms with Crippen molar-refractivity contribution >= 4 is 34.2 Å². The van der Waals surface area contributed by atoms with Crippen molar-refractivity contribution in [1.29, 1.82) is 5.26 Å². The Morgan fingerprint density at radius 3 is 2.47 bits per heavy atom. The molecule has 2 aromatic carbocycles. The van der Waals surface area contributed by atoms with Gasteiger partial charge < -0.3 is 4.90 Å². The van der Waals surface area contributed by atoms with Gasteiger partial charge in [-0.2, -0.15) is 5.26 Å². The van der Waals surface area contributed by atoms with Crippen LogP contribution in [-0.2, 0) is 0 Å². The molecule has 3 nitrogen and oxygen atoms in total. The summed E-state index contributed by atoms with van der Waals surface area (Å²) in [7, 11) is 1.73. The summed E-state index contributed by atoms with van der Waals surface area (Å²) in [5.74, 6) is -0.0665. The first-order valence-corrected chi connectivity index (χ1v) is 6.73. The maximum Gasteiger partial charge on any atom is 0.258 e. The fourth-order valence-corrected chi connectivity index (χ4v) is 2.24. The summed E-state index contributed by atoms with van der Waals surface area (Å²) < 4.78 is 1.02. The van der Waals surface area contributed by atoms with Crippen molar-refractivity contribution in [3.8, 4) is 6.07 Å². The Labute approximate surface area is 125 Å². The van der Waals surface area contributed by atoms with Gasteiger partial charge in [0.2, 0.25) is 0 Å². The second kappa shape index (κ2) is 5.85. The summed E-state index contributed by atoms with van der Waals surface area (Å²) in [5.41, 5.74) is 2.00. The molecule has 0 spiro atoms. The van der Waals surface area contributed by atoms with Crippen molar-refractivity contribution in [3.05, 3.63) is 63.2 Å². The first-order valence-electron chi connectivity index (χ1n) is 5.65. The van der Waals surface area contributed by atoms with Crippen molar-refractivity contribution in [2.45, 2.75) is 0 Å². The van der Waals surface area contributed by atoms with Crippen LogP contribution in [0, 0.1) is 14.9 Å². The number of carbonyl (C=O) groups is 1. The second-order valence-electron chi connectivity index (χ2n) is 4.03. The van der Waals surface area contributed by atoms with Crippen LogP contribution in [0.1, 0.15) is 15.9 Å². The van der Waals surface area contributed by atoms with Gasteiger partial charge in [-0.15, -0.1) is 0 Å². The highest BCUT2D eigenvalue weighted by molar-refractivity contribution is 14.1. The Morgan fingerprint density at radius 2 is 1.89 bits per heavy atom. The highest BCUT2D eigenvalue weighted by Gasteiger charge is 2.13. The summed E-state index contributed by atoms with van der Waals surface area (Å²) in [6.07, 6.45) is 0. The average Bonchev–Trinajstić information content (AvgIpc) is 2.46. The lowest BCUT2D eigenvalue weighted by atomic mass is 10.1. The summed E-state index contributed by atoms with van der Waals surface area (Å²) in [5, 5.41) is 8.75. The van der Waals surface area contributed by atoms with Crippen molar-refractivity contribution in [2.24, 2.45) is 0 Å². The summed E-state index contributed by atoms with van der Waals surface area (Å²) >= 11 is 2.18. The topological polar surface area (TPSA) is 44.1 Å². The molecule has 0 saturated heterocycles. The van der Waals surface area contributed by atoms with Gasteiger partial charge in [-0.3, -0.25) is 4.79 Å². The molecule has 2 aromatic rings. The molecule has 0 fully saturated rings. The van der Waals surface area contributed by atoms with Gasteiger partial charge in [0.25, 0.3) is 5.91 Å². The van der Waals surface area contributed by atoms with Crippen LogP contribution in [0.3, 0.4) is 0 Å². The van der Waals surface area contributed by atoms with E-state index in [1.165, 1.54) is 0 Å². The van der Waals surface area contributed by atoms with Crippen LogP contribution in [0.25, 0.3) is 0 Å². The van der Waals surface area contributed by atoms with Gasteiger partial charge in [-0.1, -0.05) is 6.07 Å². The van der Waals surface area contributed by atoms with Crippen LogP contribution < -0.4 is 4.90 Å². The molecule has 0 heterocycles. The zero-order valence-corrected chi connectivity index (χ0v) is 12.5. The number of nitrogens with zero attached hydrogens (tertiary/aromatic N) is 2. The minimum Gasteiger partial charge on any atom is -0.311 e. The van der Waals surface area contributed by atoms with Crippen molar-refractivity contribution in [1.82, 2.24) is 0 Å². The van der Waals surface area contributed by atoms with Gasteiger partial charge in [0, 0.05) is 21.9 Å². The molecule has 19 heavy (non-hydrogen) atoms. The summed E-state index contributed by atoms with van der Waals surface area (Å²) in [4.78, 5) is 13.9. The van der Waals surface area contributed by atoms with Gasteiger partial charge >= 0.3 is 0 Å². The minimum atomic E-state index is -0.0665. The fourth-order valence-electron chi connectivity index (χ4n) is 1.69. The highest BCUT2D eigenvalue weighted by Crippen LogP contribution is 2.17. The number of amides is 1. The Hall–Kier alpha value is -1.87. The molecule has 0 unspecified atom stereocenters. The third-order valence-electron chi connectivity index (χ3n) is 2.76. The van der Waals surface area contributed by atoms with E-state index in [0.717, 1.165) is 9.26 Å². The van der Waals surface area contributed by atoms with E-state index in [4.69, 9.17) is 5.26 Å². The lowest BCUT2D eigenvalue weighted by Crippen LogP contribution is -2.26. The molecule has 0 aromatic heterocycles. The van der Waals surface area contributed by atoms with Crippen molar-refractivity contribution in [3.63, 3.8) is 0 Å². The molecule has 0 atom stereocenters. The van der Waals surface area contributed by atoms with Crippen LogP contribution in [-0.4, -0.2) is 13.0 Å². The molecule has 0 aliphatic rings. The maximum atomic E-state index is 12.3. The summed E-state index contributed by atoms with van der Waals surface area (Å²) in [6, 6.07) is 16.5. The van der Waals surface area contributed by atoms with Gasteiger partial charge in [0.1, 0.15) is 0 Å². The number of halogens is 1. The zero-order chi connectivity index (χ0) is 13.8. The van der Waals surface area contributed by atoms with E-state index in [9.17, 15) is 4.79 Å². The minimum absolute atomic E-state index is 0.0665. The molecule has 0 aliphatic heterocycles. The molecule has 0 saturated carbocycles. The number of hydrogen-bond donors (Lipinski definition) is 0. The number of rotatable bonds is 2. The second-order valence-corrected chi connectivity index (χ2v) is 5.28. The number of anilines is 1. The predicted molar refractivity (Wildman–Crippen MR) is 83.0 cm³/mol. The quantitative estimate of drug-likeness (QED) is 0.769. The van der Waals surface area contributed by atoms with Crippen molar-refractivity contribution < 1.29 is 4.79 Å². The van der Waals surface area contributed by atoms with Crippen LogP contribution in [0.15, 0.2) is 48.5 Å². The monoisotopic (exact) mass is 362 g/mol. The molecular weight excluding hydrogens is 351 g/mol. The number of hydrogen-bond acceptors (Lipinski definition) is 2. The molecule has 1 amide bonds. The lowest BCUT2D eigenvalue weighted by Gasteiger charge is -2.17. The Kier molecular flexibility index (Phi) is 4.17. The molecule has 4 heteroatoms. The molecule has 0 radical (unpaired) electrons. The molecule has 0 N–H and O–H groups in total. The third kappa shape index (κ3) is 3.12. The molecule has 0 bridgehead atoms. The first-order chi connectivity index (χ1) is 9.11. The highest BCUT2D eigenvalue weighted by atomic mass is 127. The van der Waals surface area contributed by atoms with Crippen LogP contribution in [0.5, 0.6) is 0 Å². The Balaban J connectivity index is 2.26. The number of carbonyl (C=O) groups excluding carboxylic acids is 1. The Bertz CT molecular complexity index is 644. The van der Waals surface area contributed by atoms with E-state index in [1.54, 1.807) is 42.3 Å². The summed E-state index contributed by atoms with van der Waals surface area (Å²) in [6.45, 7) is 0. The number of benzene rings is 2. The average molecular weight is 362 g/mol. The zero-order valence-electron chi connectivity index (χ0n) is 10.3. The standard InChI is InChI=1S/C15H11IN2O/c1-18(14-7-5-11(10-17)6-8-14)15(19)12-3-2-4-13(16)9-12/h2-9H,1H3. The fraction of sp³-hybridized carbons (Fsp3) is 0.0667. The van der Waals surface area contributed by atoms with Crippen LogP contribution in [0.4, 0.5) is 5.69 Å². The molecule has 0 aliphatic carbocycles. The van der Waals surface area contributed by atoms with Gasteiger partial charge in [-0.05, 0) is 65.1 Å².